The van der Waals surface area contributed by atoms with Crippen molar-refractivity contribution in [2.45, 2.75) is 19.4 Å². The highest BCUT2D eigenvalue weighted by atomic mass is 32.2. The third kappa shape index (κ3) is 5.55. The van der Waals surface area contributed by atoms with Gasteiger partial charge in [-0.05, 0) is 61.3 Å². The summed E-state index contributed by atoms with van der Waals surface area (Å²) in [4.78, 5) is 39.4. The van der Waals surface area contributed by atoms with Crippen molar-refractivity contribution >= 4 is 34.9 Å². The standard InChI is InChI=1S/C24H26N8O3S/c1-35-20-3-2-18(16-12-27-28-13-16)30-19(20)14-25-11-15-5-8-32(9-6-15)23-26-7-4-17(29-23)10-21-22(33)31-24(34)36-21/h2-4,7,10,12-13,15,25H,5-6,8-9,11,14H2,1H3,(H,27,28)(H,31,33,34)/b21-10+. The first-order valence-corrected chi connectivity index (χ1v) is 12.5. The van der Waals surface area contributed by atoms with Crippen LogP contribution in [0.5, 0.6) is 5.75 Å². The number of nitrogens with one attached hydrogen (secondary N) is 3. The van der Waals surface area contributed by atoms with E-state index < -0.39 is 0 Å². The summed E-state index contributed by atoms with van der Waals surface area (Å²) in [5.74, 6) is 1.53. The summed E-state index contributed by atoms with van der Waals surface area (Å²) in [6, 6.07) is 5.59. The first kappa shape index (κ1) is 23.9. The Labute approximate surface area is 212 Å². The van der Waals surface area contributed by atoms with Crippen LogP contribution in [0.2, 0.25) is 0 Å². The van der Waals surface area contributed by atoms with Crippen LogP contribution in [0.25, 0.3) is 17.3 Å². The zero-order valence-corrected chi connectivity index (χ0v) is 20.5. The number of carbonyl (C=O) groups excluding carboxylic acids is 2. The predicted octanol–water partition coefficient (Wildman–Crippen LogP) is 2.60. The smallest absolute Gasteiger partial charge is 0.290 e. The minimum absolute atomic E-state index is 0.343. The van der Waals surface area contributed by atoms with Gasteiger partial charge < -0.3 is 15.0 Å². The molecule has 11 nitrogen and oxygen atoms in total. The maximum absolute atomic E-state index is 11.8. The van der Waals surface area contributed by atoms with Gasteiger partial charge in [-0.3, -0.25) is 20.0 Å². The van der Waals surface area contributed by atoms with Crippen molar-refractivity contribution < 1.29 is 14.3 Å². The van der Waals surface area contributed by atoms with Crippen molar-refractivity contribution in [1.82, 2.24) is 35.8 Å². The molecule has 0 spiro atoms. The van der Waals surface area contributed by atoms with Crippen LogP contribution in [0.1, 0.15) is 24.2 Å². The largest absolute Gasteiger partial charge is 0.495 e. The molecule has 5 rings (SSSR count). The molecule has 0 radical (unpaired) electrons. The van der Waals surface area contributed by atoms with E-state index >= 15 is 0 Å². The Morgan fingerprint density at radius 2 is 2.08 bits per heavy atom. The Hall–Kier alpha value is -3.77. The van der Waals surface area contributed by atoms with Gasteiger partial charge >= 0.3 is 0 Å². The zero-order valence-electron chi connectivity index (χ0n) is 19.7. The summed E-state index contributed by atoms with van der Waals surface area (Å²) in [6.07, 6.45) is 8.89. The highest BCUT2D eigenvalue weighted by molar-refractivity contribution is 8.18. The molecule has 3 N–H and O–H groups in total. The summed E-state index contributed by atoms with van der Waals surface area (Å²) < 4.78 is 5.50. The molecule has 186 valence electrons. The van der Waals surface area contributed by atoms with Gasteiger partial charge in [0.05, 0.1) is 35.3 Å². The first-order valence-electron chi connectivity index (χ1n) is 11.7. The van der Waals surface area contributed by atoms with E-state index in [4.69, 9.17) is 9.72 Å². The fourth-order valence-corrected chi connectivity index (χ4v) is 4.90. The van der Waals surface area contributed by atoms with E-state index in [0.29, 0.717) is 29.0 Å². The maximum atomic E-state index is 11.8. The van der Waals surface area contributed by atoms with Crippen molar-refractivity contribution in [2.75, 3.05) is 31.6 Å². The van der Waals surface area contributed by atoms with Gasteiger partial charge in [-0.25, -0.2) is 15.0 Å². The SMILES string of the molecule is COc1ccc(-c2cn[nH]c2)nc1CNCC1CCN(c2nccc(/C=C3/SC(=O)NC3=O)n2)CC1. The molecule has 3 aromatic rings. The number of methoxy groups -OCH3 is 1. The number of imide groups is 1. The van der Waals surface area contributed by atoms with Gasteiger partial charge in [-0.15, -0.1) is 0 Å². The van der Waals surface area contributed by atoms with E-state index in [1.54, 1.807) is 31.6 Å². The first-order chi connectivity index (χ1) is 17.6. The Kier molecular flexibility index (Phi) is 7.23. The van der Waals surface area contributed by atoms with E-state index in [-0.39, 0.29) is 11.1 Å². The molecular formula is C24H26N8O3S. The number of rotatable bonds is 8. The number of aromatic nitrogens is 5. The van der Waals surface area contributed by atoms with Crippen molar-refractivity contribution in [1.29, 1.82) is 0 Å². The van der Waals surface area contributed by atoms with Crippen LogP contribution in [0.3, 0.4) is 0 Å². The summed E-state index contributed by atoms with van der Waals surface area (Å²) in [5, 5.41) is 12.2. The molecule has 5 heterocycles. The second-order valence-electron chi connectivity index (χ2n) is 8.53. The average Bonchev–Trinajstić information content (AvgIpc) is 3.54. The number of hydrogen-bond acceptors (Lipinski definition) is 10. The number of anilines is 1. The van der Waals surface area contributed by atoms with E-state index in [1.165, 1.54) is 0 Å². The quantitative estimate of drug-likeness (QED) is 0.391. The lowest BCUT2D eigenvalue weighted by atomic mass is 9.97. The number of piperidine rings is 1. The maximum Gasteiger partial charge on any atom is 0.290 e. The van der Waals surface area contributed by atoms with Gasteiger partial charge in [0, 0.05) is 37.6 Å². The molecular weight excluding hydrogens is 480 g/mol. The summed E-state index contributed by atoms with van der Waals surface area (Å²) >= 11 is 0.882. The molecule has 0 bridgehead atoms. The number of nitrogens with zero attached hydrogens (tertiary/aromatic N) is 5. The van der Waals surface area contributed by atoms with E-state index in [1.807, 2.05) is 18.3 Å². The lowest BCUT2D eigenvalue weighted by molar-refractivity contribution is -0.115. The topological polar surface area (TPSA) is 138 Å². The van der Waals surface area contributed by atoms with Crippen LogP contribution in [-0.2, 0) is 11.3 Å². The van der Waals surface area contributed by atoms with Crippen molar-refractivity contribution in [2.24, 2.45) is 5.92 Å². The summed E-state index contributed by atoms with van der Waals surface area (Å²) in [6.45, 7) is 3.18. The number of amides is 2. The highest BCUT2D eigenvalue weighted by Crippen LogP contribution is 2.26. The van der Waals surface area contributed by atoms with Crippen molar-refractivity contribution in [3.8, 4) is 17.0 Å². The van der Waals surface area contributed by atoms with E-state index in [0.717, 1.165) is 66.9 Å². The third-order valence-corrected chi connectivity index (χ3v) is 6.97. The average molecular weight is 507 g/mol. The molecule has 0 atom stereocenters. The molecule has 2 aliphatic heterocycles. The third-order valence-electron chi connectivity index (χ3n) is 6.15. The summed E-state index contributed by atoms with van der Waals surface area (Å²) in [7, 11) is 1.65. The minimum atomic E-state index is -0.389. The van der Waals surface area contributed by atoms with Crippen molar-refractivity contribution in [3.63, 3.8) is 0 Å². The monoisotopic (exact) mass is 506 g/mol. The fraction of sp³-hybridized carbons (Fsp3) is 0.333. The Morgan fingerprint density at radius 1 is 1.22 bits per heavy atom. The number of aromatic amines is 1. The number of pyridine rings is 1. The van der Waals surface area contributed by atoms with Crippen LogP contribution in [-0.4, -0.2) is 63.0 Å². The predicted molar refractivity (Wildman–Crippen MR) is 136 cm³/mol. The number of H-pyrrole nitrogens is 1. The Bertz CT molecular complexity index is 1270. The van der Waals surface area contributed by atoms with Gasteiger partial charge in [0.25, 0.3) is 11.1 Å². The van der Waals surface area contributed by atoms with Crippen LogP contribution in [0.15, 0.2) is 41.7 Å². The molecule has 12 heteroatoms. The molecule has 0 saturated carbocycles. The molecule has 2 amide bonds. The molecule has 36 heavy (non-hydrogen) atoms. The van der Waals surface area contributed by atoms with Gasteiger partial charge in [0.1, 0.15) is 5.75 Å². The number of hydrogen-bond donors (Lipinski definition) is 3. The molecule has 0 unspecified atom stereocenters. The van der Waals surface area contributed by atoms with Gasteiger partial charge in [0.2, 0.25) is 5.95 Å². The number of carbonyl (C=O) groups is 2. The van der Waals surface area contributed by atoms with E-state index in [9.17, 15) is 9.59 Å². The zero-order chi connectivity index (χ0) is 24.9. The van der Waals surface area contributed by atoms with Crippen LogP contribution >= 0.6 is 11.8 Å². The van der Waals surface area contributed by atoms with Crippen LogP contribution < -0.4 is 20.3 Å². The molecule has 2 aliphatic rings. The summed E-state index contributed by atoms with van der Waals surface area (Å²) in [5.41, 5.74) is 3.26. The molecule has 0 aliphatic carbocycles. The Morgan fingerprint density at radius 3 is 2.81 bits per heavy atom. The van der Waals surface area contributed by atoms with E-state index in [2.05, 4.69) is 35.7 Å². The second-order valence-corrected chi connectivity index (χ2v) is 9.54. The fourth-order valence-electron chi connectivity index (χ4n) is 4.23. The number of ether oxygens (including phenoxy) is 1. The van der Waals surface area contributed by atoms with Gasteiger partial charge in [-0.2, -0.15) is 5.10 Å². The number of thioether (sulfide) groups is 1. The second kappa shape index (κ2) is 10.9. The molecule has 2 saturated heterocycles. The lowest BCUT2D eigenvalue weighted by Crippen LogP contribution is -2.38. The van der Waals surface area contributed by atoms with Gasteiger partial charge in [-0.1, -0.05) is 0 Å². The van der Waals surface area contributed by atoms with Gasteiger partial charge in [0.15, 0.2) is 0 Å². The lowest BCUT2D eigenvalue weighted by Gasteiger charge is -2.32. The molecule has 3 aromatic heterocycles. The highest BCUT2D eigenvalue weighted by Gasteiger charge is 2.26. The minimum Gasteiger partial charge on any atom is -0.495 e. The van der Waals surface area contributed by atoms with Crippen LogP contribution in [0, 0.1) is 5.92 Å². The Balaban J connectivity index is 1.14. The molecule has 2 fully saturated rings. The van der Waals surface area contributed by atoms with Crippen LogP contribution in [0.4, 0.5) is 10.7 Å². The normalized spacial score (nSPS) is 17.6. The van der Waals surface area contributed by atoms with Crippen molar-refractivity contribution in [3.05, 3.63) is 53.1 Å². The molecule has 0 aromatic carbocycles.